The minimum atomic E-state index is -0.293. The van der Waals surface area contributed by atoms with Gasteiger partial charge in [-0.15, -0.1) is 0 Å². The summed E-state index contributed by atoms with van der Waals surface area (Å²) >= 11 is 0. The molecular weight excluding hydrogens is 324 g/mol. The third-order valence-electron chi connectivity index (χ3n) is 3.69. The van der Waals surface area contributed by atoms with Gasteiger partial charge in [-0.05, 0) is 24.6 Å². The van der Waals surface area contributed by atoms with Crippen molar-refractivity contribution < 1.29 is 14.4 Å². The van der Waals surface area contributed by atoms with Crippen LogP contribution >= 0.6 is 0 Å². The number of aryl methyl sites for hydroxylation is 1. The van der Waals surface area contributed by atoms with Gasteiger partial charge in [-0.2, -0.15) is 4.98 Å². The lowest BCUT2D eigenvalue weighted by Gasteiger charge is -2.16. The van der Waals surface area contributed by atoms with E-state index in [0.717, 1.165) is 22.4 Å². The molecule has 0 aliphatic rings. The number of carbonyl (C=O) groups is 1. The summed E-state index contributed by atoms with van der Waals surface area (Å²) in [5.74, 6) is 1.34. The van der Waals surface area contributed by atoms with Gasteiger partial charge in [0.15, 0.2) is 5.82 Å². The van der Waals surface area contributed by atoms with Gasteiger partial charge in [-0.1, -0.05) is 11.2 Å². The highest BCUT2D eigenvalue weighted by Gasteiger charge is 2.12. The monoisotopic (exact) mass is 344 g/mol. The van der Waals surface area contributed by atoms with Crippen LogP contribution in [0, 0.1) is 6.92 Å². The van der Waals surface area contributed by atoms with E-state index in [1.165, 1.54) is 0 Å². The van der Waals surface area contributed by atoms with Crippen LogP contribution in [0.1, 0.15) is 23.1 Å². The molecule has 0 saturated carbocycles. The van der Waals surface area contributed by atoms with E-state index < -0.39 is 0 Å². The summed E-state index contributed by atoms with van der Waals surface area (Å²) in [6, 6.07) is 5.76. The third kappa shape index (κ3) is 4.13. The smallest absolute Gasteiger partial charge is 0.317 e. The number of nitrogens with zero attached hydrogens (tertiary/aromatic N) is 4. The van der Waals surface area contributed by atoms with Gasteiger partial charge < -0.3 is 24.8 Å². The zero-order valence-electron chi connectivity index (χ0n) is 14.1. The molecule has 0 fully saturated rings. The van der Waals surface area contributed by atoms with Crippen molar-refractivity contribution in [2.75, 3.05) is 13.6 Å². The molecule has 0 aliphatic carbocycles. The number of rotatable bonds is 6. The molecule has 0 atom stereocenters. The number of nitrogens with one attached hydrogen (secondary N) is 2. The molecule has 132 valence electrons. The molecule has 3 N–H and O–H groups in total. The lowest BCUT2D eigenvalue weighted by Crippen LogP contribution is -2.38. The van der Waals surface area contributed by atoms with Gasteiger partial charge in [-0.3, -0.25) is 0 Å². The molecule has 0 unspecified atom stereocenters. The Labute approximate surface area is 144 Å². The van der Waals surface area contributed by atoms with E-state index in [4.69, 9.17) is 9.63 Å². The highest BCUT2D eigenvalue weighted by atomic mass is 16.5. The minimum Gasteiger partial charge on any atom is -0.387 e. The number of urea groups is 1. The molecule has 9 heteroatoms. The van der Waals surface area contributed by atoms with Gasteiger partial charge in [-0.25, -0.2) is 9.78 Å². The Balaban J connectivity index is 1.51. The Hall–Kier alpha value is -2.94. The van der Waals surface area contributed by atoms with E-state index >= 15 is 0 Å². The van der Waals surface area contributed by atoms with Crippen molar-refractivity contribution in [3.63, 3.8) is 0 Å². The lowest BCUT2D eigenvalue weighted by atomic mass is 10.2. The van der Waals surface area contributed by atoms with Crippen LogP contribution < -0.4 is 5.32 Å². The second-order valence-corrected chi connectivity index (χ2v) is 5.80. The predicted molar refractivity (Wildman–Crippen MR) is 89.6 cm³/mol. The van der Waals surface area contributed by atoms with Gasteiger partial charge in [0, 0.05) is 20.0 Å². The maximum atomic E-state index is 12.1. The molecular formula is C16H20N6O3. The summed E-state index contributed by atoms with van der Waals surface area (Å²) in [7, 11) is 1.70. The summed E-state index contributed by atoms with van der Waals surface area (Å²) in [6.07, 6.45) is 0.424. The fraction of sp³-hybridized carbons (Fsp3) is 0.375. The first-order valence-electron chi connectivity index (χ1n) is 7.91. The SMILES string of the molecule is Cc1ccc2nc(CN(C)C(=O)NCCc3noc(CO)n3)[nH]c2c1. The molecule has 0 aliphatic heterocycles. The molecule has 0 bridgehead atoms. The van der Waals surface area contributed by atoms with Crippen molar-refractivity contribution in [2.45, 2.75) is 26.5 Å². The normalized spacial score (nSPS) is 11.0. The molecule has 2 heterocycles. The number of H-pyrrole nitrogens is 1. The van der Waals surface area contributed by atoms with Gasteiger partial charge in [0.2, 0.25) is 0 Å². The van der Waals surface area contributed by atoms with Gasteiger partial charge >= 0.3 is 6.03 Å². The zero-order valence-corrected chi connectivity index (χ0v) is 14.1. The van der Waals surface area contributed by atoms with E-state index in [2.05, 4.69) is 25.4 Å². The first-order chi connectivity index (χ1) is 12.0. The van der Waals surface area contributed by atoms with Crippen molar-refractivity contribution in [1.29, 1.82) is 0 Å². The fourth-order valence-corrected chi connectivity index (χ4v) is 2.42. The average Bonchev–Trinajstić information content (AvgIpc) is 3.20. The maximum Gasteiger partial charge on any atom is 0.317 e. The standard InChI is InChI=1S/C16H20N6O3/c1-10-3-4-11-12(7-10)19-14(18-11)8-22(2)16(24)17-6-5-13-20-15(9-23)25-21-13/h3-4,7,23H,5-6,8-9H2,1-2H3,(H,17,24)(H,18,19). The highest BCUT2D eigenvalue weighted by Crippen LogP contribution is 2.14. The molecule has 3 rings (SSSR count). The number of aliphatic hydroxyl groups excluding tert-OH is 1. The minimum absolute atomic E-state index is 0.165. The number of benzene rings is 1. The second-order valence-electron chi connectivity index (χ2n) is 5.80. The van der Waals surface area contributed by atoms with E-state index in [9.17, 15) is 4.79 Å². The number of aromatic nitrogens is 4. The largest absolute Gasteiger partial charge is 0.387 e. The highest BCUT2D eigenvalue weighted by molar-refractivity contribution is 5.76. The lowest BCUT2D eigenvalue weighted by molar-refractivity contribution is 0.206. The van der Waals surface area contributed by atoms with Crippen LogP contribution in [0.3, 0.4) is 0 Å². The van der Waals surface area contributed by atoms with Crippen molar-refractivity contribution in [3.8, 4) is 0 Å². The predicted octanol–water partition coefficient (Wildman–Crippen LogP) is 1.13. The number of amides is 2. The van der Waals surface area contributed by atoms with Crippen LogP contribution in [0.25, 0.3) is 11.0 Å². The summed E-state index contributed by atoms with van der Waals surface area (Å²) in [5, 5.41) is 15.3. The van der Waals surface area contributed by atoms with Crippen molar-refractivity contribution in [3.05, 3.63) is 41.3 Å². The number of imidazole rings is 1. The first-order valence-corrected chi connectivity index (χ1v) is 7.91. The number of aromatic amines is 1. The number of hydrogen-bond acceptors (Lipinski definition) is 6. The number of aliphatic hydroxyl groups is 1. The van der Waals surface area contributed by atoms with Crippen LogP contribution in [-0.2, 0) is 19.6 Å². The molecule has 25 heavy (non-hydrogen) atoms. The molecule has 9 nitrogen and oxygen atoms in total. The van der Waals surface area contributed by atoms with Gasteiger partial charge in [0.1, 0.15) is 12.4 Å². The molecule has 2 aromatic heterocycles. The molecule has 0 saturated heterocycles. The third-order valence-corrected chi connectivity index (χ3v) is 3.69. The van der Waals surface area contributed by atoms with Crippen LogP contribution in [0.4, 0.5) is 4.79 Å². The Morgan fingerprint density at radius 2 is 2.24 bits per heavy atom. The Kier molecular flexibility index (Phi) is 4.94. The summed E-state index contributed by atoms with van der Waals surface area (Å²) < 4.78 is 4.79. The molecule has 2 amide bonds. The van der Waals surface area contributed by atoms with E-state index in [0.29, 0.717) is 25.3 Å². The maximum absolute atomic E-state index is 12.1. The van der Waals surface area contributed by atoms with Crippen LogP contribution in [-0.4, -0.2) is 49.7 Å². The Bertz CT molecular complexity index is 872. The molecule has 1 aromatic carbocycles. The Morgan fingerprint density at radius 1 is 1.40 bits per heavy atom. The number of carbonyl (C=O) groups excluding carboxylic acids is 1. The quantitative estimate of drug-likeness (QED) is 0.616. The Morgan fingerprint density at radius 3 is 3.00 bits per heavy atom. The number of fused-ring (bicyclic) bond motifs is 1. The van der Waals surface area contributed by atoms with Gasteiger partial charge in [0.05, 0.1) is 17.6 Å². The molecule has 3 aromatic rings. The summed E-state index contributed by atoms with van der Waals surface area (Å²) in [6.45, 7) is 2.47. The van der Waals surface area contributed by atoms with Crippen molar-refractivity contribution in [1.82, 2.24) is 30.3 Å². The zero-order chi connectivity index (χ0) is 17.8. The summed E-state index contributed by atoms with van der Waals surface area (Å²) in [4.78, 5) is 25.3. The average molecular weight is 344 g/mol. The topological polar surface area (TPSA) is 120 Å². The number of hydrogen-bond donors (Lipinski definition) is 3. The first kappa shape index (κ1) is 16.9. The molecule has 0 spiro atoms. The fourth-order valence-electron chi connectivity index (χ4n) is 2.42. The van der Waals surface area contributed by atoms with Crippen LogP contribution in [0.15, 0.2) is 22.7 Å². The van der Waals surface area contributed by atoms with Crippen molar-refractivity contribution in [2.24, 2.45) is 0 Å². The second kappa shape index (κ2) is 7.31. The van der Waals surface area contributed by atoms with Crippen LogP contribution in [0.2, 0.25) is 0 Å². The van der Waals surface area contributed by atoms with E-state index in [1.54, 1.807) is 11.9 Å². The molecule has 0 radical (unpaired) electrons. The van der Waals surface area contributed by atoms with Gasteiger partial charge in [0.25, 0.3) is 5.89 Å². The van der Waals surface area contributed by atoms with Crippen molar-refractivity contribution >= 4 is 17.1 Å². The van der Waals surface area contributed by atoms with E-state index in [-0.39, 0.29) is 18.5 Å². The summed E-state index contributed by atoms with van der Waals surface area (Å²) in [5.41, 5.74) is 2.99. The van der Waals surface area contributed by atoms with E-state index in [1.807, 2.05) is 25.1 Å². The van der Waals surface area contributed by atoms with Crippen LogP contribution in [0.5, 0.6) is 0 Å².